The third-order valence-electron chi connectivity index (χ3n) is 6.25. The first-order valence-electron chi connectivity index (χ1n) is 11.1. The van der Waals surface area contributed by atoms with Crippen molar-refractivity contribution in [3.8, 4) is 5.75 Å². The highest BCUT2D eigenvalue weighted by Crippen LogP contribution is 2.39. The van der Waals surface area contributed by atoms with Crippen LogP contribution in [0.2, 0.25) is 5.02 Å². The molecular weight excluding hydrogens is 457 g/mol. The average Bonchev–Trinajstić information content (AvgIpc) is 2.87. The van der Waals surface area contributed by atoms with Crippen LogP contribution in [0.3, 0.4) is 0 Å². The number of hydrogen-bond donors (Lipinski definition) is 1. The summed E-state index contributed by atoms with van der Waals surface area (Å²) in [6, 6.07) is 25.8. The Bertz CT molecular complexity index is 1020. The van der Waals surface area contributed by atoms with Gasteiger partial charge in [-0.1, -0.05) is 77.8 Å². The number of ether oxygens (including phenoxy) is 3. The van der Waals surface area contributed by atoms with Crippen molar-refractivity contribution in [3.63, 3.8) is 0 Å². The molecule has 0 spiro atoms. The molecule has 1 saturated heterocycles. The van der Waals surface area contributed by atoms with Gasteiger partial charge in [-0.2, -0.15) is 0 Å². The molecule has 3 aromatic rings. The smallest absolute Gasteiger partial charge is 0.156 e. The van der Waals surface area contributed by atoms with Gasteiger partial charge in [-0.05, 0) is 53.9 Å². The van der Waals surface area contributed by atoms with Gasteiger partial charge in [0.2, 0.25) is 0 Å². The Labute approximate surface area is 205 Å². The van der Waals surface area contributed by atoms with E-state index >= 15 is 0 Å². The number of rotatable bonds is 9. The molecule has 33 heavy (non-hydrogen) atoms. The van der Waals surface area contributed by atoms with Crippen LogP contribution in [-0.2, 0) is 21.5 Å². The van der Waals surface area contributed by atoms with Gasteiger partial charge in [-0.3, -0.25) is 0 Å². The van der Waals surface area contributed by atoms with E-state index in [1.165, 1.54) is 0 Å². The van der Waals surface area contributed by atoms with Gasteiger partial charge in [0.15, 0.2) is 5.56 Å². The molecule has 0 aromatic heterocycles. The van der Waals surface area contributed by atoms with Gasteiger partial charge in [0.1, 0.15) is 5.75 Å². The van der Waals surface area contributed by atoms with Gasteiger partial charge in [0.05, 0.1) is 26.4 Å². The second-order valence-corrected chi connectivity index (χ2v) is 9.14. The molecule has 0 bridgehead atoms. The summed E-state index contributed by atoms with van der Waals surface area (Å²) in [5.41, 5.74) is 2.20. The zero-order valence-electron chi connectivity index (χ0n) is 18.7. The maximum absolute atomic E-state index is 6.64. The fourth-order valence-corrected chi connectivity index (χ4v) is 4.74. The summed E-state index contributed by atoms with van der Waals surface area (Å²) in [5.74, 6) is 0.828. The standard InChI is InChI=1S/C27H29Cl2NO3/c1-31-24-12-10-20(11-13-24)18-32-25-17-30-15-14-27(25,22-8-5-9-23(28)16-22)19-33-26(29)21-6-3-2-4-7-21/h2-13,16,25-26,30H,14-15,17-19H2,1H3. The molecule has 3 aromatic carbocycles. The van der Waals surface area contributed by atoms with Crippen molar-refractivity contribution in [2.45, 2.75) is 30.1 Å². The van der Waals surface area contributed by atoms with Crippen LogP contribution in [0.4, 0.5) is 0 Å². The van der Waals surface area contributed by atoms with Crippen LogP contribution in [0.25, 0.3) is 0 Å². The predicted octanol–water partition coefficient (Wildman–Crippen LogP) is 6.12. The molecule has 4 rings (SSSR count). The van der Waals surface area contributed by atoms with E-state index in [0.717, 1.165) is 35.4 Å². The Kier molecular flexibility index (Phi) is 8.29. The highest BCUT2D eigenvalue weighted by molar-refractivity contribution is 6.30. The van der Waals surface area contributed by atoms with Crippen LogP contribution in [0.15, 0.2) is 78.9 Å². The van der Waals surface area contributed by atoms with Gasteiger partial charge in [0, 0.05) is 17.0 Å². The summed E-state index contributed by atoms with van der Waals surface area (Å²) in [6.07, 6.45) is 0.727. The maximum Gasteiger partial charge on any atom is 0.156 e. The third-order valence-corrected chi connectivity index (χ3v) is 6.87. The number of nitrogens with one attached hydrogen (secondary N) is 1. The van der Waals surface area contributed by atoms with Crippen LogP contribution in [0.1, 0.15) is 28.7 Å². The summed E-state index contributed by atoms with van der Waals surface area (Å²) < 4.78 is 18.1. The Balaban J connectivity index is 1.57. The summed E-state index contributed by atoms with van der Waals surface area (Å²) in [5, 5.41) is 4.18. The van der Waals surface area contributed by atoms with Crippen LogP contribution in [-0.4, -0.2) is 32.9 Å². The molecule has 0 radical (unpaired) electrons. The Hall–Kier alpha value is -2.08. The summed E-state index contributed by atoms with van der Waals surface area (Å²) in [6.45, 7) is 2.48. The SMILES string of the molecule is COc1ccc(COC2CNCCC2(COC(Cl)c2ccccc2)c2cccc(Cl)c2)cc1. The Morgan fingerprint density at radius 1 is 1.03 bits per heavy atom. The van der Waals surface area contributed by atoms with Crippen molar-refractivity contribution in [2.75, 3.05) is 26.8 Å². The zero-order valence-corrected chi connectivity index (χ0v) is 20.2. The first-order chi connectivity index (χ1) is 16.1. The lowest BCUT2D eigenvalue weighted by atomic mass is 9.71. The Morgan fingerprint density at radius 2 is 1.82 bits per heavy atom. The minimum Gasteiger partial charge on any atom is -0.497 e. The molecule has 1 fully saturated rings. The highest BCUT2D eigenvalue weighted by Gasteiger charge is 2.44. The monoisotopic (exact) mass is 485 g/mol. The fraction of sp³-hybridized carbons (Fsp3) is 0.333. The minimum atomic E-state index is -0.542. The largest absolute Gasteiger partial charge is 0.497 e. The second-order valence-electron chi connectivity index (χ2n) is 8.31. The van der Waals surface area contributed by atoms with Crippen LogP contribution in [0, 0.1) is 0 Å². The molecular formula is C27H29Cl2NO3. The predicted molar refractivity (Wildman–Crippen MR) is 133 cm³/mol. The van der Waals surface area contributed by atoms with Crippen molar-refractivity contribution >= 4 is 23.2 Å². The molecule has 4 nitrogen and oxygen atoms in total. The minimum absolute atomic E-state index is 0.119. The summed E-state index contributed by atoms with van der Waals surface area (Å²) in [7, 11) is 1.66. The molecule has 174 valence electrons. The number of hydrogen-bond acceptors (Lipinski definition) is 4. The number of piperidine rings is 1. The third kappa shape index (κ3) is 5.89. The van der Waals surface area contributed by atoms with E-state index in [-0.39, 0.29) is 11.5 Å². The number of halogens is 2. The molecule has 0 saturated carbocycles. The van der Waals surface area contributed by atoms with Crippen molar-refractivity contribution in [2.24, 2.45) is 0 Å². The molecule has 0 aliphatic carbocycles. The normalized spacial score (nSPS) is 21.5. The van der Waals surface area contributed by atoms with Gasteiger partial charge in [0.25, 0.3) is 0 Å². The first kappa shape index (κ1) is 24.1. The van der Waals surface area contributed by atoms with E-state index in [0.29, 0.717) is 24.8 Å². The van der Waals surface area contributed by atoms with E-state index in [1.54, 1.807) is 7.11 Å². The molecule has 1 aliphatic heterocycles. The van der Waals surface area contributed by atoms with Crippen LogP contribution >= 0.6 is 23.2 Å². The van der Waals surface area contributed by atoms with Gasteiger partial charge in [-0.15, -0.1) is 0 Å². The zero-order chi connectivity index (χ0) is 23.1. The molecule has 1 aliphatic rings. The number of benzene rings is 3. The van der Waals surface area contributed by atoms with Crippen molar-refractivity contribution < 1.29 is 14.2 Å². The van der Waals surface area contributed by atoms with E-state index in [2.05, 4.69) is 11.4 Å². The van der Waals surface area contributed by atoms with E-state index in [9.17, 15) is 0 Å². The topological polar surface area (TPSA) is 39.7 Å². The molecule has 3 unspecified atom stereocenters. The molecule has 0 amide bonds. The van der Waals surface area contributed by atoms with E-state index in [4.69, 9.17) is 37.4 Å². The quantitative estimate of drug-likeness (QED) is 0.370. The van der Waals surface area contributed by atoms with Crippen molar-refractivity contribution in [1.82, 2.24) is 5.32 Å². The number of methoxy groups -OCH3 is 1. The van der Waals surface area contributed by atoms with Gasteiger partial charge < -0.3 is 19.5 Å². The van der Waals surface area contributed by atoms with Crippen molar-refractivity contribution in [1.29, 1.82) is 0 Å². The van der Waals surface area contributed by atoms with Crippen LogP contribution in [0.5, 0.6) is 5.75 Å². The number of alkyl halides is 1. The maximum atomic E-state index is 6.64. The molecule has 3 atom stereocenters. The molecule has 1 N–H and O–H groups in total. The molecule has 6 heteroatoms. The van der Waals surface area contributed by atoms with Gasteiger partial charge >= 0.3 is 0 Å². The molecule has 1 heterocycles. The van der Waals surface area contributed by atoms with Crippen molar-refractivity contribution in [3.05, 3.63) is 101 Å². The second kappa shape index (κ2) is 11.4. The fourth-order valence-electron chi connectivity index (χ4n) is 4.34. The summed E-state index contributed by atoms with van der Waals surface area (Å²) in [4.78, 5) is 0. The Morgan fingerprint density at radius 3 is 2.55 bits per heavy atom. The summed E-state index contributed by atoms with van der Waals surface area (Å²) >= 11 is 13.0. The lowest BCUT2D eigenvalue weighted by Crippen LogP contribution is -2.55. The van der Waals surface area contributed by atoms with E-state index < -0.39 is 5.56 Å². The lowest BCUT2D eigenvalue weighted by molar-refractivity contribution is -0.0683. The highest BCUT2D eigenvalue weighted by atomic mass is 35.5. The van der Waals surface area contributed by atoms with E-state index in [1.807, 2.05) is 72.8 Å². The van der Waals surface area contributed by atoms with Crippen LogP contribution < -0.4 is 10.1 Å². The van der Waals surface area contributed by atoms with Gasteiger partial charge in [-0.25, -0.2) is 0 Å². The lowest BCUT2D eigenvalue weighted by Gasteiger charge is -2.45. The average molecular weight is 486 g/mol. The first-order valence-corrected chi connectivity index (χ1v) is 11.9.